The zero-order valence-corrected chi connectivity index (χ0v) is 15.7. The number of hydrogen-bond donors (Lipinski definition) is 1. The zero-order chi connectivity index (χ0) is 17.6. The van der Waals surface area contributed by atoms with E-state index >= 15 is 0 Å². The van der Waals surface area contributed by atoms with E-state index in [2.05, 4.69) is 4.74 Å². The van der Waals surface area contributed by atoms with Gasteiger partial charge in [-0.05, 0) is 37.6 Å². The number of hydrogen-bond acceptors (Lipinski definition) is 5. The smallest absolute Gasteiger partial charge is 0.336 e. The second-order valence-corrected chi connectivity index (χ2v) is 7.04. The van der Waals surface area contributed by atoms with Gasteiger partial charge in [0.15, 0.2) is 5.05 Å². The Morgan fingerprint density at radius 3 is 2.00 bits per heavy atom. The summed E-state index contributed by atoms with van der Waals surface area (Å²) in [7, 11) is 0. The summed E-state index contributed by atoms with van der Waals surface area (Å²) in [6, 6.07) is 0. The number of esters is 1. The third-order valence-electron chi connectivity index (χ3n) is 4.23. The fourth-order valence-corrected chi connectivity index (χ4v) is 2.95. The molecule has 0 saturated heterocycles. The highest BCUT2D eigenvalue weighted by Gasteiger charge is 2.22. The number of carbonyl (C=O) groups is 1. The Balaban J connectivity index is 1.77. The average Bonchev–Trinajstić information content (AvgIpc) is 2.85. The lowest BCUT2D eigenvalue weighted by atomic mass is 10.0. The lowest BCUT2D eigenvalue weighted by Crippen LogP contribution is -2.06. The van der Waals surface area contributed by atoms with Crippen molar-refractivity contribution in [3.63, 3.8) is 0 Å². The molecule has 1 atom stereocenters. The van der Waals surface area contributed by atoms with Gasteiger partial charge < -0.3 is 14.6 Å². The molecule has 0 aromatic carbocycles. The van der Waals surface area contributed by atoms with Crippen LogP contribution in [0.5, 0.6) is 0 Å². The van der Waals surface area contributed by atoms with E-state index in [4.69, 9.17) is 22.1 Å². The molecule has 1 N–H and O–H groups in total. The monoisotopic (exact) mass is 356 g/mol. The number of aliphatic hydroxyl groups excluding tert-OH is 1. The average molecular weight is 357 g/mol. The normalized spacial score (nSPS) is 16.8. The molecule has 1 aliphatic heterocycles. The van der Waals surface area contributed by atoms with Gasteiger partial charge in [0.05, 0.1) is 6.61 Å². The first-order valence-corrected chi connectivity index (χ1v) is 9.73. The number of aliphatic hydroxyl groups is 1. The Morgan fingerprint density at radius 1 is 1.04 bits per heavy atom. The first-order valence-electron chi connectivity index (χ1n) is 9.32. The number of carbonyl (C=O) groups excluding carboxylic acids is 1. The molecule has 4 nitrogen and oxygen atoms in total. The third-order valence-corrected chi connectivity index (χ3v) is 4.35. The third kappa shape index (κ3) is 10.8. The van der Waals surface area contributed by atoms with Crippen molar-refractivity contribution in [3.05, 3.63) is 11.6 Å². The Morgan fingerprint density at radius 2 is 1.54 bits per heavy atom. The summed E-state index contributed by atoms with van der Waals surface area (Å²) < 4.78 is 9.93. The van der Waals surface area contributed by atoms with Gasteiger partial charge in [-0.3, -0.25) is 0 Å². The second-order valence-electron chi connectivity index (χ2n) is 6.47. The van der Waals surface area contributed by atoms with Crippen molar-refractivity contribution in [2.45, 2.75) is 90.3 Å². The molecule has 1 rings (SSSR count). The van der Waals surface area contributed by atoms with Crippen molar-refractivity contribution in [1.29, 1.82) is 0 Å². The molecule has 0 saturated carbocycles. The quantitative estimate of drug-likeness (QED) is 0.274. The van der Waals surface area contributed by atoms with E-state index in [-0.39, 0.29) is 5.97 Å². The Kier molecular flexibility index (Phi) is 11.7. The zero-order valence-electron chi connectivity index (χ0n) is 14.9. The molecule has 1 heterocycles. The van der Waals surface area contributed by atoms with Gasteiger partial charge in [-0.1, -0.05) is 57.8 Å². The molecule has 0 aromatic heterocycles. The van der Waals surface area contributed by atoms with Crippen LogP contribution in [-0.2, 0) is 14.3 Å². The van der Waals surface area contributed by atoms with Crippen LogP contribution in [0, 0.1) is 0 Å². The van der Waals surface area contributed by atoms with Crippen molar-refractivity contribution in [2.75, 3.05) is 6.61 Å². The van der Waals surface area contributed by atoms with E-state index in [1.807, 2.05) is 6.92 Å². The highest BCUT2D eigenvalue weighted by molar-refractivity contribution is 7.80. The van der Waals surface area contributed by atoms with E-state index in [1.54, 1.807) is 0 Å². The van der Waals surface area contributed by atoms with Gasteiger partial charge in [-0.25, -0.2) is 4.79 Å². The second kappa shape index (κ2) is 13.4. The molecule has 0 aliphatic carbocycles. The van der Waals surface area contributed by atoms with Crippen LogP contribution in [0.15, 0.2) is 11.6 Å². The van der Waals surface area contributed by atoms with Crippen molar-refractivity contribution >= 4 is 23.2 Å². The molecule has 5 heteroatoms. The van der Waals surface area contributed by atoms with Gasteiger partial charge in [0.1, 0.15) is 0 Å². The summed E-state index contributed by atoms with van der Waals surface area (Å²) in [5.74, 6) is -0.355. The number of thiocarbonyl (C=S) groups is 1. The van der Waals surface area contributed by atoms with Gasteiger partial charge in [0.25, 0.3) is 0 Å². The maximum Gasteiger partial charge on any atom is 0.336 e. The number of cyclic esters (lactones) is 1. The van der Waals surface area contributed by atoms with Crippen LogP contribution < -0.4 is 0 Å². The summed E-state index contributed by atoms with van der Waals surface area (Å²) in [4.78, 5) is 11.3. The topological polar surface area (TPSA) is 55.8 Å². The van der Waals surface area contributed by atoms with Crippen LogP contribution in [0.4, 0.5) is 0 Å². The molecule has 0 radical (unpaired) electrons. The summed E-state index contributed by atoms with van der Waals surface area (Å²) in [6.45, 7) is 2.59. The Hall–Kier alpha value is -0.940. The molecule has 0 spiro atoms. The highest BCUT2D eigenvalue weighted by atomic mass is 32.1. The Labute approximate surface area is 151 Å². The highest BCUT2D eigenvalue weighted by Crippen LogP contribution is 2.19. The van der Waals surface area contributed by atoms with E-state index in [9.17, 15) is 4.79 Å². The Bertz CT molecular complexity index is 406. The minimum absolute atomic E-state index is 0.355. The molecule has 1 unspecified atom stereocenters. The summed E-state index contributed by atoms with van der Waals surface area (Å²) >= 11 is 4.86. The van der Waals surface area contributed by atoms with Crippen molar-refractivity contribution < 1.29 is 19.4 Å². The molecular formula is C19H32O4S. The van der Waals surface area contributed by atoms with E-state index in [0.717, 1.165) is 32.3 Å². The van der Waals surface area contributed by atoms with Gasteiger partial charge in [-0.2, -0.15) is 0 Å². The molecule has 138 valence electrons. The maximum absolute atomic E-state index is 11.3. The van der Waals surface area contributed by atoms with Crippen molar-refractivity contribution in [3.8, 4) is 0 Å². The number of rotatable bonds is 14. The van der Waals surface area contributed by atoms with Crippen LogP contribution in [0.3, 0.4) is 0 Å². The van der Waals surface area contributed by atoms with Crippen LogP contribution in [0.1, 0.15) is 84.0 Å². The van der Waals surface area contributed by atoms with E-state index in [0.29, 0.717) is 10.6 Å². The van der Waals surface area contributed by atoms with Gasteiger partial charge in [-0.15, -0.1) is 0 Å². The fourth-order valence-electron chi connectivity index (χ4n) is 2.87. The maximum atomic E-state index is 11.3. The first kappa shape index (κ1) is 21.1. The largest absolute Gasteiger partial charge is 0.487 e. The predicted octanol–water partition coefficient (Wildman–Crippen LogP) is 4.83. The van der Waals surface area contributed by atoms with Crippen molar-refractivity contribution in [2.24, 2.45) is 0 Å². The van der Waals surface area contributed by atoms with Crippen molar-refractivity contribution in [1.82, 2.24) is 0 Å². The number of unbranched alkanes of at least 4 members (excludes halogenated alkanes) is 10. The predicted molar refractivity (Wildman–Crippen MR) is 99.8 cm³/mol. The summed E-state index contributed by atoms with van der Waals surface area (Å²) in [6.07, 6.45) is 14.7. The molecular weight excluding hydrogens is 324 g/mol. The minimum Gasteiger partial charge on any atom is -0.487 e. The number of ether oxygens (including phenoxy) is 2. The van der Waals surface area contributed by atoms with Crippen LogP contribution >= 0.6 is 12.2 Å². The molecule has 24 heavy (non-hydrogen) atoms. The van der Waals surface area contributed by atoms with Crippen LogP contribution in [0.2, 0.25) is 0 Å². The van der Waals surface area contributed by atoms with Gasteiger partial charge in [0, 0.05) is 12.5 Å². The van der Waals surface area contributed by atoms with Gasteiger partial charge in [0.2, 0.25) is 6.29 Å². The molecule has 1 aliphatic rings. The molecule has 0 fully saturated rings. The van der Waals surface area contributed by atoms with Crippen LogP contribution in [0.25, 0.3) is 0 Å². The first-order chi connectivity index (χ1) is 11.6. The summed E-state index contributed by atoms with van der Waals surface area (Å²) in [5.41, 5.74) is 0.633. The van der Waals surface area contributed by atoms with E-state index in [1.165, 1.54) is 57.4 Å². The fraction of sp³-hybridized carbons (Fsp3) is 0.789. The SMILES string of the molecule is CC(=S)OCCCCCCCCCCCCCC1=CC(O)OC1=O. The molecule has 0 bridgehead atoms. The standard InChI is InChI=1S/C19H32O4S/c1-16(24)22-14-12-10-8-6-4-2-3-5-7-9-11-13-17-15-18(20)23-19(17)21/h15,18,20H,2-14H2,1H3. The minimum atomic E-state index is -1.02. The lowest BCUT2D eigenvalue weighted by molar-refractivity contribution is -0.151. The lowest BCUT2D eigenvalue weighted by Gasteiger charge is -2.04. The van der Waals surface area contributed by atoms with E-state index < -0.39 is 6.29 Å². The summed E-state index contributed by atoms with van der Waals surface area (Å²) in [5, 5.41) is 9.81. The van der Waals surface area contributed by atoms with Gasteiger partial charge >= 0.3 is 5.97 Å². The van der Waals surface area contributed by atoms with Crippen LogP contribution in [-0.4, -0.2) is 29.0 Å². The molecule has 0 aromatic rings. The molecule has 0 amide bonds.